The number of aliphatic hydroxyl groups is 3. The summed E-state index contributed by atoms with van der Waals surface area (Å²) in [5.41, 5.74) is 5.13. The van der Waals surface area contributed by atoms with Crippen LogP contribution in [0.25, 0.3) is 0 Å². The predicted molar refractivity (Wildman–Crippen MR) is 142 cm³/mol. The van der Waals surface area contributed by atoms with E-state index in [1.165, 1.54) is 18.2 Å². The molecule has 0 aromatic carbocycles. The van der Waals surface area contributed by atoms with Gasteiger partial charge in [0.05, 0.1) is 12.1 Å². The summed E-state index contributed by atoms with van der Waals surface area (Å²) in [7, 11) is 0. The average Bonchev–Trinajstić information content (AvgIpc) is 3.11. The molecule has 0 unspecified atom stereocenters. The Bertz CT molecular complexity index is 749. The number of aliphatic hydroxyl groups excluding tert-OH is 3. The number of allylic oxidation sites excluding steroid dienone is 1. The monoisotopic (exact) mass is 549 g/mol. The van der Waals surface area contributed by atoms with Gasteiger partial charge >= 0.3 is 0 Å². The van der Waals surface area contributed by atoms with Gasteiger partial charge in [0.1, 0.15) is 35.9 Å². The second-order valence-electron chi connectivity index (χ2n) is 11.0. The molecule has 0 radical (unpaired) electrons. The van der Waals surface area contributed by atoms with E-state index in [2.05, 4.69) is 24.5 Å². The van der Waals surface area contributed by atoms with Gasteiger partial charge < -0.3 is 41.2 Å². The van der Waals surface area contributed by atoms with Crippen LogP contribution in [0.15, 0.2) is 12.2 Å². The van der Waals surface area contributed by atoms with Gasteiger partial charge in [0.2, 0.25) is 5.91 Å². The zero-order chi connectivity index (χ0) is 25.1. The molecule has 4 aliphatic rings. The number of hydrogen-bond acceptors (Lipinski definition) is 9. The van der Waals surface area contributed by atoms with E-state index in [4.69, 9.17) is 15.2 Å². The smallest absolute Gasteiger partial charge is 0.240 e. The molecule has 0 aliphatic carbocycles. The first kappa shape index (κ1) is 30.1. The normalized spacial score (nSPS) is 44.1. The molecule has 11 atom stereocenters. The van der Waals surface area contributed by atoms with Crippen molar-refractivity contribution in [2.45, 2.75) is 99.2 Å². The summed E-state index contributed by atoms with van der Waals surface area (Å²) in [6, 6.07) is -1.03. The Morgan fingerprint density at radius 1 is 1.17 bits per heavy atom. The third-order valence-electron chi connectivity index (χ3n) is 7.83. The maximum atomic E-state index is 13.5. The van der Waals surface area contributed by atoms with Crippen molar-refractivity contribution >= 4 is 30.1 Å². The van der Waals surface area contributed by atoms with Crippen LogP contribution in [0.4, 0.5) is 0 Å². The van der Waals surface area contributed by atoms with Gasteiger partial charge in [0, 0.05) is 24.9 Å². The lowest BCUT2D eigenvalue weighted by molar-refractivity contribution is -0.205. The van der Waals surface area contributed by atoms with Crippen LogP contribution in [0.3, 0.4) is 0 Å². The molecule has 3 fully saturated rings. The third kappa shape index (κ3) is 6.95. The number of nitrogens with two attached hydrogens (primary N) is 1. The summed E-state index contributed by atoms with van der Waals surface area (Å²) in [5.74, 6) is 1.37. The fraction of sp³-hybridized carbons (Fsp3) is 0.880. The van der Waals surface area contributed by atoms with Crippen LogP contribution in [0.5, 0.6) is 0 Å². The highest BCUT2D eigenvalue weighted by Crippen LogP contribution is 2.36. The van der Waals surface area contributed by atoms with E-state index < -0.39 is 41.9 Å². The largest absolute Gasteiger partial charge is 0.388 e. The van der Waals surface area contributed by atoms with Crippen molar-refractivity contribution in [1.29, 1.82) is 0 Å². The molecular formula is C25H44ClN3O6S. The molecule has 4 heterocycles. The minimum absolute atomic E-state index is 0. The first-order valence-corrected chi connectivity index (χ1v) is 14.1. The quantitative estimate of drug-likeness (QED) is 0.270. The maximum absolute atomic E-state index is 13.5. The van der Waals surface area contributed by atoms with E-state index in [0.29, 0.717) is 43.7 Å². The molecule has 36 heavy (non-hydrogen) atoms. The zero-order valence-corrected chi connectivity index (χ0v) is 22.8. The van der Waals surface area contributed by atoms with Crippen molar-refractivity contribution in [3.05, 3.63) is 12.2 Å². The molecular weight excluding hydrogens is 506 g/mol. The van der Waals surface area contributed by atoms with Gasteiger partial charge in [-0.15, -0.1) is 24.2 Å². The Hall–Kier alpha value is -0.430. The molecule has 1 amide bonds. The number of carbonyl (C=O) groups excluding carboxylic acids is 1. The van der Waals surface area contributed by atoms with Crippen molar-refractivity contribution in [3.8, 4) is 0 Å². The fourth-order valence-corrected chi connectivity index (χ4v) is 7.25. The Morgan fingerprint density at radius 2 is 1.92 bits per heavy atom. The molecule has 3 saturated heterocycles. The predicted octanol–water partition coefficient (Wildman–Crippen LogP) is 0.540. The molecule has 4 aliphatic heterocycles. The summed E-state index contributed by atoms with van der Waals surface area (Å²) in [6.07, 6.45) is 3.39. The number of thioether (sulfide) groups is 1. The second kappa shape index (κ2) is 13.6. The summed E-state index contributed by atoms with van der Waals surface area (Å²) in [5, 5.41) is 38.3. The first-order valence-electron chi connectivity index (χ1n) is 13.1. The van der Waals surface area contributed by atoms with Crippen LogP contribution in [0.2, 0.25) is 0 Å². The molecule has 208 valence electrons. The lowest BCUT2D eigenvalue weighted by atomic mass is 9.85. The van der Waals surface area contributed by atoms with Crippen LogP contribution >= 0.6 is 24.2 Å². The standard InChI is InChI=1S/C25H43N3O6S.ClH/c1-13(2)9-14-7-8-33-22-15(10-14)12-27-18(22)24(32)28-17-6-4-3-5-16(11-26)35-25-21(31)19(29)20(30)23(17)34-25;/h3-4,13-23,25,27,29-31H,5-12,26H2,1-2H3,(H,28,32);1H/b4-3-;/t14-,15-,16-,17+,18-,19-,20+,21+,22+,23+,25+;/m0./s1. The summed E-state index contributed by atoms with van der Waals surface area (Å²) < 4.78 is 12.3. The van der Waals surface area contributed by atoms with E-state index in [1.807, 2.05) is 12.2 Å². The van der Waals surface area contributed by atoms with Gasteiger partial charge in [-0.3, -0.25) is 4.79 Å². The van der Waals surface area contributed by atoms with Gasteiger partial charge in [-0.25, -0.2) is 0 Å². The summed E-state index contributed by atoms with van der Waals surface area (Å²) in [4.78, 5) is 13.5. The van der Waals surface area contributed by atoms with E-state index in [1.54, 1.807) is 0 Å². The Kier molecular flexibility index (Phi) is 11.4. The molecule has 4 rings (SSSR count). The van der Waals surface area contributed by atoms with Crippen molar-refractivity contribution in [3.63, 3.8) is 0 Å². The van der Waals surface area contributed by atoms with Crippen molar-refractivity contribution in [2.24, 2.45) is 23.5 Å². The van der Waals surface area contributed by atoms with Crippen molar-refractivity contribution in [2.75, 3.05) is 19.7 Å². The van der Waals surface area contributed by atoms with Crippen LogP contribution in [-0.2, 0) is 14.3 Å². The van der Waals surface area contributed by atoms with Gasteiger partial charge in [0.15, 0.2) is 0 Å². The lowest BCUT2D eigenvalue weighted by Gasteiger charge is -2.44. The van der Waals surface area contributed by atoms with Gasteiger partial charge in [-0.05, 0) is 49.9 Å². The number of ether oxygens (including phenoxy) is 2. The van der Waals surface area contributed by atoms with Gasteiger partial charge in [-0.1, -0.05) is 26.0 Å². The second-order valence-corrected chi connectivity index (χ2v) is 12.4. The molecule has 2 bridgehead atoms. The molecule has 0 aromatic rings. The minimum Gasteiger partial charge on any atom is -0.388 e. The number of rotatable bonds is 5. The van der Waals surface area contributed by atoms with E-state index in [9.17, 15) is 20.1 Å². The van der Waals surface area contributed by atoms with Gasteiger partial charge in [-0.2, -0.15) is 0 Å². The average molecular weight is 550 g/mol. The van der Waals surface area contributed by atoms with E-state index in [0.717, 1.165) is 19.4 Å². The highest BCUT2D eigenvalue weighted by molar-refractivity contribution is 8.00. The molecule has 0 saturated carbocycles. The van der Waals surface area contributed by atoms with Crippen LogP contribution in [-0.4, -0.2) is 94.2 Å². The highest BCUT2D eigenvalue weighted by atomic mass is 35.5. The Balaban J connectivity index is 0.00000361. The number of fused-ring (bicyclic) bond motifs is 3. The highest BCUT2D eigenvalue weighted by Gasteiger charge is 2.49. The summed E-state index contributed by atoms with van der Waals surface area (Å²) in [6.45, 7) is 6.30. The molecule has 0 spiro atoms. The van der Waals surface area contributed by atoms with Crippen molar-refractivity contribution in [1.82, 2.24) is 10.6 Å². The number of amides is 1. The van der Waals surface area contributed by atoms with Crippen LogP contribution in [0, 0.1) is 17.8 Å². The lowest BCUT2D eigenvalue weighted by Crippen LogP contribution is -2.64. The zero-order valence-electron chi connectivity index (χ0n) is 21.2. The number of hydrogen-bond donors (Lipinski definition) is 6. The minimum atomic E-state index is -1.37. The summed E-state index contributed by atoms with van der Waals surface area (Å²) >= 11 is 1.36. The maximum Gasteiger partial charge on any atom is 0.240 e. The number of nitrogens with one attached hydrogen (secondary N) is 2. The SMILES string of the molecule is CC(C)C[C@@H]1CCO[C@@H]2[C@H](CN[C@@H]2C(=O)N[C@@H]2C/C=C\C[C@@H](CN)S[C@H]3O[C@H]2[C@H](O)[C@H](O)[C@H]3O)C1.Cl. The molecule has 0 aromatic heterocycles. The van der Waals surface area contributed by atoms with E-state index >= 15 is 0 Å². The van der Waals surface area contributed by atoms with Crippen LogP contribution < -0.4 is 16.4 Å². The molecule has 9 nitrogen and oxygen atoms in total. The Labute approximate surface area is 224 Å². The third-order valence-corrected chi connectivity index (χ3v) is 9.26. The van der Waals surface area contributed by atoms with Crippen LogP contribution in [0.1, 0.15) is 46.0 Å². The Morgan fingerprint density at radius 3 is 2.64 bits per heavy atom. The number of carbonyl (C=O) groups is 1. The topological polar surface area (TPSA) is 146 Å². The van der Waals surface area contributed by atoms with Crippen molar-refractivity contribution < 1.29 is 29.6 Å². The molecule has 7 N–H and O–H groups in total. The fourth-order valence-electron chi connectivity index (χ4n) is 6.03. The molecule has 11 heteroatoms. The first-order chi connectivity index (χ1) is 16.8. The van der Waals surface area contributed by atoms with E-state index in [-0.39, 0.29) is 29.7 Å². The number of halogens is 1. The van der Waals surface area contributed by atoms with Gasteiger partial charge in [0.25, 0.3) is 0 Å².